The van der Waals surface area contributed by atoms with E-state index in [1.165, 1.54) is 5.56 Å². The first-order chi connectivity index (χ1) is 9.75. The summed E-state index contributed by atoms with van der Waals surface area (Å²) in [5.41, 5.74) is 2.07. The second kappa shape index (κ2) is 5.46. The number of aromatic nitrogens is 3. The van der Waals surface area contributed by atoms with Crippen molar-refractivity contribution in [3.05, 3.63) is 53.9 Å². The second-order valence-electron chi connectivity index (χ2n) is 4.94. The van der Waals surface area contributed by atoms with Gasteiger partial charge in [0.05, 0.1) is 12.3 Å². The molecule has 1 atom stereocenters. The molecular formula is C15H18N4O. The molecule has 0 bridgehead atoms. The minimum atomic E-state index is 0.198. The van der Waals surface area contributed by atoms with Crippen LogP contribution in [0.1, 0.15) is 30.1 Å². The number of pyridine rings is 1. The summed E-state index contributed by atoms with van der Waals surface area (Å²) in [5.74, 6) is 1.97. The molecule has 20 heavy (non-hydrogen) atoms. The largest absolute Gasteiger partial charge is 0.467 e. The fraction of sp³-hybridized carbons (Fsp3) is 0.333. The lowest BCUT2D eigenvalue weighted by Gasteiger charge is -2.11. The third kappa shape index (κ3) is 2.44. The Morgan fingerprint density at radius 1 is 1.30 bits per heavy atom. The van der Waals surface area contributed by atoms with Crippen LogP contribution in [0.3, 0.4) is 0 Å². The molecule has 3 aromatic rings. The number of aryl methyl sites for hydroxylation is 1. The van der Waals surface area contributed by atoms with E-state index in [0.29, 0.717) is 0 Å². The third-order valence-electron chi connectivity index (χ3n) is 3.48. The maximum atomic E-state index is 5.49. The molecule has 0 aliphatic rings. The second-order valence-corrected chi connectivity index (χ2v) is 4.94. The van der Waals surface area contributed by atoms with Gasteiger partial charge in [-0.05, 0) is 37.6 Å². The number of fused-ring (bicyclic) bond motifs is 1. The van der Waals surface area contributed by atoms with Gasteiger partial charge in [0, 0.05) is 19.2 Å². The summed E-state index contributed by atoms with van der Waals surface area (Å²) in [6, 6.07) is 8.10. The van der Waals surface area contributed by atoms with Gasteiger partial charge in [-0.2, -0.15) is 0 Å². The minimum absolute atomic E-state index is 0.198. The molecule has 0 aliphatic carbocycles. The molecule has 3 aromatic heterocycles. The number of rotatable bonds is 5. The van der Waals surface area contributed by atoms with E-state index < -0.39 is 0 Å². The van der Waals surface area contributed by atoms with Crippen LogP contribution in [0.15, 0.2) is 41.1 Å². The lowest BCUT2D eigenvalue weighted by Crippen LogP contribution is -2.22. The van der Waals surface area contributed by atoms with E-state index in [2.05, 4.69) is 29.4 Å². The molecule has 0 unspecified atom stereocenters. The summed E-state index contributed by atoms with van der Waals surface area (Å²) in [6.07, 6.45) is 4.55. The summed E-state index contributed by atoms with van der Waals surface area (Å²) in [6.45, 7) is 4.99. The van der Waals surface area contributed by atoms with Crippen molar-refractivity contribution in [3.63, 3.8) is 0 Å². The van der Waals surface area contributed by atoms with Gasteiger partial charge in [0.25, 0.3) is 0 Å². The van der Waals surface area contributed by atoms with Crippen molar-refractivity contribution in [3.8, 4) is 0 Å². The first kappa shape index (κ1) is 12.9. The molecule has 0 aliphatic heterocycles. The van der Waals surface area contributed by atoms with Crippen LogP contribution in [-0.4, -0.2) is 21.1 Å². The zero-order valence-corrected chi connectivity index (χ0v) is 11.7. The normalized spacial score (nSPS) is 12.9. The van der Waals surface area contributed by atoms with Crippen LogP contribution in [0.2, 0.25) is 0 Å². The molecule has 0 aromatic carbocycles. The van der Waals surface area contributed by atoms with Gasteiger partial charge in [-0.15, -0.1) is 10.2 Å². The summed E-state index contributed by atoms with van der Waals surface area (Å²) in [5, 5.41) is 11.8. The number of nitrogens with one attached hydrogen (secondary N) is 1. The predicted octanol–water partition coefficient (Wildman–Crippen LogP) is 2.52. The highest BCUT2D eigenvalue weighted by atomic mass is 16.3. The van der Waals surface area contributed by atoms with E-state index in [4.69, 9.17) is 4.42 Å². The van der Waals surface area contributed by atoms with Gasteiger partial charge in [0.15, 0.2) is 5.65 Å². The molecule has 0 saturated heterocycles. The number of furan rings is 1. The molecular weight excluding hydrogens is 252 g/mol. The molecule has 0 spiro atoms. The van der Waals surface area contributed by atoms with E-state index in [1.54, 1.807) is 6.26 Å². The van der Waals surface area contributed by atoms with E-state index in [9.17, 15) is 0 Å². The van der Waals surface area contributed by atoms with Gasteiger partial charge in [-0.1, -0.05) is 6.07 Å². The SMILES string of the molecule is Cc1ccoc1[C@@H](C)NCCc1nnc2ccccn12. The molecule has 0 fully saturated rings. The van der Waals surface area contributed by atoms with Crippen LogP contribution in [-0.2, 0) is 6.42 Å². The van der Waals surface area contributed by atoms with Gasteiger partial charge in [0.1, 0.15) is 11.6 Å². The Morgan fingerprint density at radius 3 is 3.00 bits per heavy atom. The molecule has 0 amide bonds. The average molecular weight is 270 g/mol. The Balaban J connectivity index is 1.61. The monoisotopic (exact) mass is 270 g/mol. The molecule has 0 saturated carbocycles. The third-order valence-corrected chi connectivity index (χ3v) is 3.48. The zero-order chi connectivity index (χ0) is 13.9. The van der Waals surface area contributed by atoms with Crippen molar-refractivity contribution >= 4 is 5.65 Å². The molecule has 104 valence electrons. The lowest BCUT2D eigenvalue weighted by atomic mass is 10.2. The lowest BCUT2D eigenvalue weighted by molar-refractivity contribution is 0.428. The maximum absolute atomic E-state index is 5.49. The molecule has 1 N–H and O–H groups in total. The highest BCUT2D eigenvalue weighted by Crippen LogP contribution is 2.17. The average Bonchev–Trinajstić information content (AvgIpc) is 3.05. The van der Waals surface area contributed by atoms with Gasteiger partial charge in [-0.3, -0.25) is 4.40 Å². The highest BCUT2D eigenvalue weighted by Gasteiger charge is 2.11. The standard InChI is InChI=1S/C15H18N4O/c1-11-7-10-20-15(11)12(2)16-8-6-14-18-17-13-5-3-4-9-19(13)14/h3-5,7,9-10,12,16H,6,8H2,1-2H3/t12-/m1/s1. The summed E-state index contributed by atoms with van der Waals surface area (Å²) >= 11 is 0. The first-order valence-corrected chi connectivity index (χ1v) is 6.81. The van der Waals surface area contributed by atoms with Gasteiger partial charge >= 0.3 is 0 Å². The number of nitrogens with zero attached hydrogens (tertiary/aromatic N) is 3. The first-order valence-electron chi connectivity index (χ1n) is 6.81. The molecule has 5 heteroatoms. The van der Waals surface area contributed by atoms with Crippen LogP contribution in [0, 0.1) is 6.92 Å². The fourth-order valence-electron chi connectivity index (χ4n) is 2.38. The van der Waals surface area contributed by atoms with Gasteiger partial charge in [-0.25, -0.2) is 0 Å². The predicted molar refractivity (Wildman–Crippen MR) is 76.6 cm³/mol. The van der Waals surface area contributed by atoms with Crippen LogP contribution >= 0.6 is 0 Å². The highest BCUT2D eigenvalue weighted by molar-refractivity contribution is 5.37. The van der Waals surface area contributed by atoms with Crippen molar-refractivity contribution in [2.75, 3.05) is 6.54 Å². The van der Waals surface area contributed by atoms with Crippen LogP contribution in [0.4, 0.5) is 0 Å². The minimum Gasteiger partial charge on any atom is -0.467 e. The summed E-state index contributed by atoms with van der Waals surface area (Å²) < 4.78 is 7.51. The Kier molecular flexibility index (Phi) is 3.52. The smallest absolute Gasteiger partial charge is 0.160 e. The molecule has 0 radical (unpaired) electrons. The zero-order valence-electron chi connectivity index (χ0n) is 11.7. The van der Waals surface area contributed by atoms with Crippen molar-refractivity contribution < 1.29 is 4.42 Å². The Labute approximate surface area is 117 Å². The maximum Gasteiger partial charge on any atom is 0.160 e. The van der Waals surface area contributed by atoms with Gasteiger partial charge < -0.3 is 9.73 Å². The van der Waals surface area contributed by atoms with Gasteiger partial charge in [0.2, 0.25) is 0 Å². The van der Waals surface area contributed by atoms with E-state index in [0.717, 1.165) is 30.2 Å². The van der Waals surface area contributed by atoms with Crippen molar-refractivity contribution in [2.24, 2.45) is 0 Å². The molecule has 3 rings (SSSR count). The van der Waals surface area contributed by atoms with Crippen LogP contribution in [0.5, 0.6) is 0 Å². The summed E-state index contributed by atoms with van der Waals surface area (Å²) in [7, 11) is 0. The quantitative estimate of drug-likeness (QED) is 0.774. The Bertz CT molecular complexity index is 701. The van der Waals surface area contributed by atoms with Crippen molar-refractivity contribution in [2.45, 2.75) is 26.3 Å². The van der Waals surface area contributed by atoms with Crippen LogP contribution < -0.4 is 5.32 Å². The van der Waals surface area contributed by atoms with E-state index in [-0.39, 0.29) is 6.04 Å². The molecule has 5 nitrogen and oxygen atoms in total. The number of hydrogen-bond acceptors (Lipinski definition) is 4. The molecule has 3 heterocycles. The van der Waals surface area contributed by atoms with Crippen molar-refractivity contribution in [1.82, 2.24) is 19.9 Å². The number of hydrogen-bond donors (Lipinski definition) is 1. The van der Waals surface area contributed by atoms with E-state index >= 15 is 0 Å². The van der Waals surface area contributed by atoms with E-state index in [1.807, 2.05) is 34.9 Å². The van der Waals surface area contributed by atoms with Crippen molar-refractivity contribution in [1.29, 1.82) is 0 Å². The van der Waals surface area contributed by atoms with Crippen LogP contribution in [0.25, 0.3) is 5.65 Å². The summed E-state index contributed by atoms with van der Waals surface area (Å²) in [4.78, 5) is 0. The topological polar surface area (TPSA) is 55.4 Å². The Hall–Kier alpha value is -2.14. The Morgan fingerprint density at radius 2 is 2.20 bits per heavy atom. The fourth-order valence-corrected chi connectivity index (χ4v) is 2.38.